The zero-order valence-electron chi connectivity index (χ0n) is 35.2. The molecule has 2 nitrogen and oxygen atoms in total. The highest BCUT2D eigenvalue weighted by molar-refractivity contribution is 5.88. The zero-order chi connectivity index (χ0) is 41.3. The number of hydrogen-bond acceptors (Lipinski definition) is 2. The van der Waals surface area contributed by atoms with E-state index in [-0.39, 0.29) is 0 Å². The molecule has 0 aliphatic carbocycles. The van der Waals surface area contributed by atoms with Crippen molar-refractivity contribution in [3.63, 3.8) is 0 Å². The fraction of sp³-hybridized carbons (Fsp3) is 0.103. The maximum absolute atomic E-state index is 4.71. The van der Waals surface area contributed by atoms with Gasteiger partial charge in [0.05, 0.1) is 11.4 Å². The van der Waals surface area contributed by atoms with E-state index in [0.717, 1.165) is 33.6 Å². The van der Waals surface area contributed by atoms with Crippen LogP contribution in [0.25, 0.3) is 89.3 Å². The Hall–Kier alpha value is -7.16. The minimum atomic E-state index is 0.954. The Morgan fingerprint density at radius 3 is 1.00 bits per heavy atom. The first-order valence-electron chi connectivity index (χ1n) is 20.8. The van der Waals surface area contributed by atoms with Gasteiger partial charge in [-0.15, -0.1) is 0 Å². The van der Waals surface area contributed by atoms with Gasteiger partial charge in [-0.2, -0.15) is 0 Å². The van der Waals surface area contributed by atoms with Crippen LogP contribution in [0, 0.1) is 41.5 Å². The van der Waals surface area contributed by atoms with Gasteiger partial charge in [0.15, 0.2) is 0 Å². The van der Waals surface area contributed by atoms with E-state index in [2.05, 4.69) is 192 Å². The van der Waals surface area contributed by atoms with Crippen LogP contribution in [0.3, 0.4) is 0 Å². The first-order valence-corrected chi connectivity index (χ1v) is 20.8. The fourth-order valence-corrected chi connectivity index (χ4v) is 8.81. The molecule has 0 saturated carbocycles. The van der Waals surface area contributed by atoms with E-state index in [1.54, 1.807) is 0 Å². The number of rotatable bonds is 8. The first-order chi connectivity index (χ1) is 29.2. The third-order valence-corrected chi connectivity index (χ3v) is 12.0. The van der Waals surface area contributed by atoms with Gasteiger partial charge >= 0.3 is 0 Å². The highest BCUT2D eigenvalue weighted by Gasteiger charge is 2.16. The van der Waals surface area contributed by atoms with Gasteiger partial charge in [-0.25, -0.2) is 0 Å². The molecule has 9 rings (SSSR count). The molecule has 2 heteroatoms. The van der Waals surface area contributed by atoms with Crippen LogP contribution in [0.15, 0.2) is 182 Å². The second kappa shape index (κ2) is 16.2. The molecule has 0 spiro atoms. The van der Waals surface area contributed by atoms with Gasteiger partial charge in [-0.3, -0.25) is 9.97 Å². The van der Waals surface area contributed by atoms with Crippen molar-refractivity contribution in [3.05, 3.63) is 216 Å². The molecular weight excluding hydrogens is 725 g/mol. The molecule has 0 radical (unpaired) electrons. The topological polar surface area (TPSA) is 25.8 Å². The first kappa shape index (κ1) is 38.4. The monoisotopic (exact) mass is 772 g/mol. The Bertz CT molecular complexity index is 3030. The largest absolute Gasteiger partial charge is 0.256 e. The summed E-state index contributed by atoms with van der Waals surface area (Å²) < 4.78 is 0. The predicted octanol–water partition coefficient (Wildman–Crippen LogP) is 15.7. The van der Waals surface area contributed by atoms with Crippen LogP contribution in [-0.2, 0) is 0 Å². The van der Waals surface area contributed by atoms with Crippen molar-refractivity contribution in [2.45, 2.75) is 41.5 Å². The van der Waals surface area contributed by atoms with E-state index in [9.17, 15) is 0 Å². The summed E-state index contributed by atoms with van der Waals surface area (Å²) in [6, 6.07) is 61.7. The third kappa shape index (κ3) is 7.49. The molecule has 0 bridgehead atoms. The normalized spacial score (nSPS) is 11.2. The lowest BCUT2D eigenvalue weighted by atomic mass is 9.88. The molecule has 0 unspecified atom stereocenters. The van der Waals surface area contributed by atoms with Crippen molar-refractivity contribution in [1.29, 1.82) is 0 Å². The van der Waals surface area contributed by atoms with Gasteiger partial charge in [0.1, 0.15) is 0 Å². The Kier molecular flexibility index (Phi) is 10.4. The summed E-state index contributed by atoms with van der Waals surface area (Å²) in [6.45, 7) is 13.3. The van der Waals surface area contributed by atoms with Crippen molar-refractivity contribution in [2.75, 3.05) is 0 Å². The second-order valence-corrected chi connectivity index (χ2v) is 16.2. The van der Waals surface area contributed by atoms with E-state index in [4.69, 9.17) is 4.98 Å². The maximum Gasteiger partial charge on any atom is 0.0708 e. The molecule has 0 N–H and O–H groups in total. The third-order valence-electron chi connectivity index (χ3n) is 12.0. The number of aromatic nitrogens is 2. The Balaban J connectivity index is 0.971. The summed E-state index contributed by atoms with van der Waals surface area (Å²) in [5.41, 5.74) is 26.6. The molecule has 0 atom stereocenters. The van der Waals surface area contributed by atoms with E-state index in [1.165, 1.54) is 89.0 Å². The molecule has 0 amide bonds. The Morgan fingerprint density at radius 2 is 0.583 bits per heavy atom. The van der Waals surface area contributed by atoms with Gasteiger partial charge < -0.3 is 0 Å². The lowest BCUT2D eigenvalue weighted by Gasteiger charge is -2.16. The van der Waals surface area contributed by atoms with Crippen LogP contribution in [0.1, 0.15) is 33.4 Å². The molecule has 2 heterocycles. The number of aryl methyl sites for hydroxylation is 6. The average molecular weight is 773 g/mol. The minimum Gasteiger partial charge on any atom is -0.256 e. The SMILES string of the molecule is Cc1ccccc1-c1ccc(-c2ccc(-c3ccc(-c4ccc(-c5ccc(-c6cc(-c7ccccn7)ccc6-c6ccccn6)cc5C)c(C)c4)cc3C)c(C)c2)cc1C. The molecule has 0 saturated heterocycles. The van der Waals surface area contributed by atoms with Crippen LogP contribution >= 0.6 is 0 Å². The highest BCUT2D eigenvalue weighted by Crippen LogP contribution is 2.39. The summed E-state index contributed by atoms with van der Waals surface area (Å²) in [7, 11) is 0. The van der Waals surface area contributed by atoms with Crippen molar-refractivity contribution in [3.8, 4) is 89.3 Å². The van der Waals surface area contributed by atoms with E-state index >= 15 is 0 Å². The summed E-state index contributed by atoms with van der Waals surface area (Å²) >= 11 is 0. The molecule has 290 valence electrons. The smallest absolute Gasteiger partial charge is 0.0708 e. The molecule has 0 aliphatic heterocycles. The van der Waals surface area contributed by atoms with Gasteiger partial charge in [0.2, 0.25) is 0 Å². The molecule has 7 aromatic carbocycles. The summed E-state index contributed by atoms with van der Waals surface area (Å²) in [6.07, 6.45) is 3.70. The van der Waals surface area contributed by atoms with Gasteiger partial charge in [0, 0.05) is 23.5 Å². The predicted molar refractivity (Wildman–Crippen MR) is 254 cm³/mol. The van der Waals surface area contributed by atoms with E-state index < -0.39 is 0 Å². The van der Waals surface area contributed by atoms with Gasteiger partial charge in [-0.05, 0) is 172 Å². The standard InChI is InChI=1S/C58H48N2/c1-37-13-7-8-14-49(37)50-23-17-43(31-38(50)2)44-18-24-51(39(3)32-44)52-25-19-45(33-40(52)4)46-20-26-53(41(5)34-46)54-27-21-47(35-42(54)6)56-36-48(57-15-9-11-29-59-57)22-28-55(56)58-16-10-12-30-60-58/h7-36H,1-6H3. The van der Waals surface area contributed by atoms with Crippen LogP contribution in [0.2, 0.25) is 0 Å². The van der Waals surface area contributed by atoms with Crippen molar-refractivity contribution in [2.24, 2.45) is 0 Å². The van der Waals surface area contributed by atoms with Gasteiger partial charge in [-0.1, -0.05) is 140 Å². The molecular formula is C58H48N2. The fourth-order valence-electron chi connectivity index (χ4n) is 8.81. The quantitative estimate of drug-likeness (QED) is 0.154. The molecule has 60 heavy (non-hydrogen) atoms. The van der Waals surface area contributed by atoms with Crippen LogP contribution in [0.5, 0.6) is 0 Å². The number of benzene rings is 7. The number of nitrogens with zero attached hydrogens (tertiary/aromatic N) is 2. The molecule has 0 aliphatic rings. The molecule has 0 fully saturated rings. The van der Waals surface area contributed by atoms with E-state index in [0.29, 0.717) is 0 Å². The lowest BCUT2D eigenvalue weighted by molar-refractivity contribution is 1.31. The molecule has 9 aromatic rings. The van der Waals surface area contributed by atoms with Crippen molar-refractivity contribution < 1.29 is 0 Å². The van der Waals surface area contributed by atoms with E-state index in [1.807, 2.05) is 36.7 Å². The zero-order valence-corrected chi connectivity index (χ0v) is 35.2. The molecule has 2 aromatic heterocycles. The number of hydrogen-bond donors (Lipinski definition) is 0. The van der Waals surface area contributed by atoms with Gasteiger partial charge in [0.25, 0.3) is 0 Å². The lowest BCUT2D eigenvalue weighted by Crippen LogP contribution is -1.93. The van der Waals surface area contributed by atoms with Crippen molar-refractivity contribution >= 4 is 0 Å². The maximum atomic E-state index is 4.71. The Labute approximate surface area is 355 Å². The second-order valence-electron chi connectivity index (χ2n) is 16.2. The van der Waals surface area contributed by atoms with Crippen LogP contribution < -0.4 is 0 Å². The highest BCUT2D eigenvalue weighted by atomic mass is 14.7. The van der Waals surface area contributed by atoms with Crippen molar-refractivity contribution in [1.82, 2.24) is 9.97 Å². The average Bonchev–Trinajstić information content (AvgIpc) is 3.27. The van der Waals surface area contributed by atoms with Crippen LogP contribution in [0.4, 0.5) is 0 Å². The summed E-state index contributed by atoms with van der Waals surface area (Å²) in [5, 5.41) is 0. The minimum absolute atomic E-state index is 0.954. The Morgan fingerprint density at radius 1 is 0.233 bits per heavy atom. The summed E-state index contributed by atoms with van der Waals surface area (Å²) in [4.78, 5) is 9.34. The summed E-state index contributed by atoms with van der Waals surface area (Å²) in [5.74, 6) is 0. The van der Waals surface area contributed by atoms with Crippen LogP contribution in [-0.4, -0.2) is 9.97 Å². The number of pyridine rings is 2.